The van der Waals surface area contributed by atoms with Gasteiger partial charge in [0.2, 0.25) is 5.91 Å². The minimum absolute atomic E-state index is 0.151. The van der Waals surface area contributed by atoms with Crippen LogP contribution in [0.3, 0.4) is 0 Å². The van der Waals surface area contributed by atoms with Crippen LogP contribution in [0.5, 0.6) is 5.75 Å². The number of amides is 1. The van der Waals surface area contributed by atoms with Crippen LogP contribution >= 0.6 is 35.0 Å². The molecule has 0 aliphatic carbocycles. The third kappa shape index (κ3) is 5.52. The van der Waals surface area contributed by atoms with E-state index < -0.39 is 0 Å². The fourth-order valence-corrected chi connectivity index (χ4v) is 4.31. The average molecular weight is 502 g/mol. The second-order valence-electron chi connectivity index (χ2n) is 7.19. The lowest BCUT2D eigenvalue weighted by molar-refractivity contribution is -0.113. The minimum atomic E-state index is -0.188. The van der Waals surface area contributed by atoms with E-state index in [2.05, 4.69) is 15.5 Å². The smallest absolute Gasteiger partial charge is 0.234 e. The monoisotopic (exact) mass is 501 g/mol. The first-order valence-electron chi connectivity index (χ1n) is 10.0. The molecule has 7 nitrogen and oxygen atoms in total. The highest BCUT2D eigenvalue weighted by molar-refractivity contribution is 7.99. The number of thioether (sulfide) groups is 1. The summed E-state index contributed by atoms with van der Waals surface area (Å²) < 4.78 is 9.29. The number of rotatable bonds is 8. The van der Waals surface area contributed by atoms with E-state index in [1.807, 2.05) is 58.8 Å². The van der Waals surface area contributed by atoms with Gasteiger partial charge in [0.15, 0.2) is 5.16 Å². The molecule has 2 heterocycles. The maximum absolute atomic E-state index is 12.5. The Morgan fingerprint density at radius 2 is 1.88 bits per heavy atom. The number of aryl methyl sites for hydroxylation is 1. The van der Waals surface area contributed by atoms with E-state index in [4.69, 9.17) is 27.9 Å². The van der Waals surface area contributed by atoms with Crippen molar-refractivity contribution in [3.8, 4) is 11.4 Å². The number of carbonyl (C=O) groups excluding carboxylic acids is 1. The van der Waals surface area contributed by atoms with Crippen LogP contribution < -0.4 is 10.1 Å². The van der Waals surface area contributed by atoms with Gasteiger partial charge in [-0.1, -0.05) is 35.0 Å². The number of halogens is 2. The number of benzene rings is 2. The second-order valence-corrected chi connectivity index (χ2v) is 8.94. The van der Waals surface area contributed by atoms with Crippen molar-refractivity contribution in [3.05, 3.63) is 82.4 Å². The molecule has 0 radical (unpaired) electrons. The van der Waals surface area contributed by atoms with Crippen molar-refractivity contribution in [2.45, 2.75) is 11.6 Å². The molecule has 0 atom stereocenters. The molecule has 1 N–H and O–H groups in total. The van der Waals surface area contributed by atoms with Gasteiger partial charge >= 0.3 is 0 Å². The van der Waals surface area contributed by atoms with Crippen LogP contribution in [-0.4, -0.2) is 38.1 Å². The van der Waals surface area contributed by atoms with Gasteiger partial charge in [0, 0.05) is 36.7 Å². The summed E-state index contributed by atoms with van der Waals surface area (Å²) in [7, 11) is 3.62. The Morgan fingerprint density at radius 1 is 1.09 bits per heavy atom. The number of aromatic nitrogens is 4. The highest BCUT2D eigenvalue weighted by Crippen LogP contribution is 2.27. The van der Waals surface area contributed by atoms with E-state index in [0.717, 1.165) is 23.0 Å². The zero-order valence-electron chi connectivity index (χ0n) is 18.0. The molecule has 33 heavy (non-hydrogen) atoms. The first-order chi connectivity index (χ1) is 15.9. The first kappa shape index (κ1) is 23.2. The van der Waals surface area contributed by atoms with Gasteiger partial charge < -0.3 is 14.6 Å². The lowest BCUT2D eigenvalue weighted by Crippen LogP contribution is -2.14. The highest BCUT2D eigenvalue weighted by Gasteiger charge is 2.17. The van der Waals surface area contributed by atoms with E-state index in [-0.39, 0.29) is 11.7 Å². The van der Waals surface area contributed by atoms with E-state index in [9.17, 15) is 4.79 Å². The molecule has 0 bridgehead atoms. The molecule has 0 aliphatic rings. The Balaban J connectivity index is 1.55. The molecule has 2 aromatic carbocycles. The van der Waals surface area contributed by atoms with Crippen molar-refractivity contribution >= 4 is 46.6 Å². The van der Waals surface area contributed by atoms with Crippen LogP contribution in [-0.2, 0) is 18.3 Å². The Labute approximate surface area is 205 Å². The van der Waals surface area contributed by atoms with Crippen LogP contribution in [0.2, 0.25) is 10.0 Å². The molecule has 2 aromatic heterocycles. The predicted molar refractivity (Wildman–Crippen MR) is 132 cm³/mol. The van der Waals surface area contributed by atoms with Gasteiger partial charge in [-0.15, -0.1) is 10.2 Å². The number of carbonyl (C=O) groups is 1. The van der Waals surface area contributed by atoms with E-state index in [1.54, 1.807) is 25.3 Å². The molecular weight excluding hydrogens is 481 g/mol. The van der Waals surface area contributed by atoms with Crippen LogP contribution in [0.4, 0.5) is 5.69 Å². The quantitative estimate of drug-likeness (QED) is 0.334. The summed E-state index contributed by atoms with van der Waals surface area (Å²) in [6, 6.07) is 16.6. The van der Waals surface area contributed by atoms with Gasteiger partial charge in [-0.25, -0.2) is 0 Å². The maximum atomic E-state index is 12.5. The molecule has 4 rings (SSSR count). The highest BCUT2D eigenvalue weighted by atomic mass is 35.5. The SMILES string of the molecule is COc1ccc(-n2c(Cc3cccn3C)nnc2SCC(=O)Nc2ccc(Cl)c(Cl)c2)cc1. The van der Waals surface area contributed by atoms with Gasteiger partial charge in [0.1, 0.15) is 11.6 Å². The molecule has 1 amide bonds. The minimum Gasteiger partial charge on any atom is -0.497 e. The van der Waals surface area contributed by atoms with Gasteiger partial charge in [-0.05, 0) is 54.6 Å². The van der Waals surface area contributed by atoms with Gasteiger partial charge in [0.25, 0.3) is 0 Å². The number of anilines is 1. The van der Waals surface area contributed by atoms with Crippen molar-refractivity contribution in [2.24, 2.45) is 7.05 Å². The summed E-state index contributed by atoms with van der Waals surface area (Å²) in [4.78, 5) is 12.5. The Kier molecular flexibility index (Phi) is 7.27. The number of nitrogens with one attached hydrogen (secondary N) is 1. The largest absolute Gasteiger partial charge is 0.497 e. The molecule has 0 spiro atoms. The summed E-state index contributed by atoms with van der Waals surface area (Å²) >= 11 is 13.3. The summed E-state index contributed by atoms with van der Waals surface area (Å²) in [5.41, 5.74) is 2.57. The topological polar surface area (TPSA) is 74.0 Å². The summed E-state index contributed by atoms with van der Waals surface area (Å²) in [5, 5.41) is 13.0. The molecule has 0 aliphatic heterocycles. The van der Waals surface area contributed by atoms with Crippen molar-refractivity contribution < 1.29 is 9.53 Å². The molecule has 170 valence electrons. The number of methoxy groups -OCH3 is 1. The molecule has 0 saturated heterocycles. The van der Waals surface area contributed by atoms with Crippen molar-refractivity contribution in [3.63, 3.8) is 0 Å². The molecule has 0 fully saturated rings. The molecule has 0 saturated carbocycles. The molecular formula is C23H21Cl2N5O2S. The Morgan fingerprint density at radius 3 is 2.55 bits per heavy atom. The van der Waals surface area contributed by atoms with Crippen LogP contribution in [0.25, 0.3) is 5.69 Å². The lowest BCUT2D eigenvalue weighted by Gasteiger charge is -2.12. The maximum Gasteiger partial charge on any atom is 0.234 e. The second kappa shape index (κ2) is 10.3. The van der Waals surface area contributed by atoms with Crippen molar-refractivity contribution in [1.29, 1.82) is 0 Å². The zero-order valence-corrected chi connectivity index (χ0v) is 20.3. The van der Waals surface area contributed by atoms with Crippen LogP contribution in [0, 0.1) is 0 Å². The number of nitrogens with zero attached hydrogens (tertiary/aromatic N) is 4. The van der Waals surface area contributed by atoms with E-state index in [0.29, 0.717) is 27.3 Å². The van der Waals surface area contributed by atoms with Crippen LogP contribution in [0.15, 0.2) is 66.0 Å². The summed E-state index contributed by atoms with van der Waals surface area (Å²) in [6.45, 7) is 0. The Bertz CT molecular complexity index is 1270. The number of hydrogen-bond donors (Lipinski definition) is 1. The standard InChI is InChI=1S/C23H21Cl2N5O2S/c1-29-11-3-4-17(29)13-21-27-28-23(30(21)16-6-8-18(32-2)9-7-16)33-14-22(31)26-15-5-10-19(24)20(25)12-15/h3-12H,13-14H2,1-2H3,(H,26,31). The van der Waals surface area contributed by atoms with Crippen molar-refractivity contribution in [1.82, 2.24) is 19.3 Å². The number of ether oxygens (including phenoxy) is 1. The summed E-state index contributed by atoms with van der Waals surface area (Å²) in [5.74, 6) is 1.49. The average Bonchev–Trinajstić information content (AvgIpc) is 3.41. The lowest BCUT2D eigenvalue weighted by atomic mass is 10.2. The fraction of sp³-hybridized carbons (Fsp3) is 0.174. The molecule has 4 aromatic rings. The first-order valence-corrected chi connectivity index (χ1v) is 11.8. The van der Waals surface area contributed by atoms with Gasteiger partial charge in [0.05, 0.1) is 22.9 Å². The van der Waals surface area contributed by atoms with E-state index in [1.165, 1.54) is 11.8 Å². The zero-order chi connectivity index (χ0) is 23.4. The molecule has 10 heteroatoms. The third-order valence-electron chi connectivity index (χ3n) is 4.96. The predicted octanol–water partition coefficient (Wildman–Crippen LogP) is 5.24. The molecule has 0 unspecified atom stereocenters. The van der Waals surface area contributed by atoms with Crippen LogP contribution in [0.1, 0.15) is 11.5 Å². The van der Waals surface area contributed by atoms with Crippen molar-refractivity contribution in [2.75, 3.05) is 18.2 Å². The van der Waals surface area contributed by atoms with Gasteiger partial charge in [-0.2, -0.15) is 0 Å². The number of hydrogen-bond acceptors (Lipinski definition) is 5. The normalized spacial score (nSPS) is 10.9. The Hall–Kier alpha value is -2.94. The third-order valence-corrected chi connectivity index (χ3v) is 6.63. The van der Waals surface area contributed by atoms with E-state index >= 15 is 0 Å². The fourth-order valence-electron chi connectivity index (χ4n) is 3.24. The summed E-state index contributed by atoms with van der Waals surface area (Å²) in [6.07, 6.45) is 2.59. The van der Waals surface area contributed by atoms with Gasteiger partial charge in [-0.3, -0.25) is 9.36 Å².